The van der Waals surface area contributed by atoms with Crippen molar-refractivity contribution < 1.29 is 23.2 Å². The SMILES string of the molecule is C[C@@H]1CN2c3c(cc4c(-n5ccnc5)noc4c3F)CC3(CNC(=O)NC3=O)[C@H]2[C@H](C)O1. The molecule has 4 atom stereocenters. The molecule has 2 fully saturated rings. The zero-order valence-corrected chi connectivity index (χ0v) is 17.5. The third kappa shape index (κ3) is 2.48. The number of urea groups is 1. The molecule has 3 amide bonds. The number of halogens is 1. The molecule has 32 heavy (non-hydrogen) atoms. The van der Waals surface area contributed by atoms with Gasteiger partial charge in [-0.1, -0.05) is 5.16 Å². The number of nitrogens with zero attached hydrogens (tertiary/aromatic N) is 4. The van der Waals surface area contributed by atoms with Gasteiger partial charge in [-0.25, -0.2) is 14.2 Å². The quantitative estimate of drug-likeness (QED) is 0.590. The van der Waals surface area contributed by atoms with Gasteiger partial charge in [0.25, 0.3) is 0 Å². The molecule has 6 rings (SSSR count). The van der Waals surface area contributed by atoms with Crippen molar-refractivity contribution in [2.24, 2.45) is 5.41 Å². The van der Waals surface area contributed by atoms with Gasteiger partial charge in [0, 0.05) is 25.5 Å². The third-order valence-corrected chi connectivity index (χ3v) is 6.77. The number of benzene rings is 1. The molecule has 2 saturated heterocycles. The minimum absolute atomic E-state index is 0.0512. The van der Waals surface area contributed by atoms with Crippen LogP contribution in [-0.2, 0) is 16.0 Å². The van der Waals surface area contributed by atoms with E-state index in [1.807, 2.05) is 24.8 Å². The Labute approximate surface area is 181 Å². The molecular weight excluding hydrogens is 419 g/mol. The highest BCUT2D eigenvalue weighted by atomic mass is 19.1. The molecule has 2 N–H and O–H groups in total. The van der Waals surface area contributed by atoms with Gasteiger partial charge in [-0.3, -0.25) is 14.7 Å². The Morgan fingerprint density at radius 1 is 1.31 bits per heavy atom. The predicted octanol–water partition coefficient (Wildman–Crippen LogP) is 1.52. The summed E-state index contributed by atoms with van der Waals surface area (Å²) in [5.41, 5.74) is 0.0966. The van der Waals surface area contributed by atoms with Crippen LogP contribution in [0.15, 0.2) is 29.3 Å². The first kappa shape index (κ1) is 19.2. The third-order valence-electron chi connectivity index (χ3n) is 6.77. The van der Waals surface area contributed by atoms with Gasteiger partial charge in [-0.2, -0.15) is 0 Å². The van der Waals surface area contributed by atoms with Crippen LogP contribution < -0.4 is 15.5 Å². The van der Waals surface area contributed by atoms with Crippen molar-refractivity contribution in [1.29, 1.82) is 0 Å². The number of morpholine rings is 1. The van der Waals surface area contributed by atoms with E-state index in [1.54, 1.807) is 23.3 Å². The summed E-state index contributed by atoms with van der Waals surface area (Å²) in [6.07, 6.45) is 4.55. The van der Waals surface area contributed by atoms with Crippen LogP contribution in [0.1, 0.15) is 19.4 Å². The lowest BCUT2D eigenvalue weighted by molar-refractivity contribution is -0.139. The lowest BCUT2D eigenvalue weighted by Gasteiger charge is -2.56. The maximum atomic E-state index is 15.9. The number of nitrogens with one attached hydrogen (secondary N) is 2. The van der Waals surface area contributed by atoms with Crippen LogP contribution in [0.4, 0.5) is 14.9 Å². The standard InChI is InChI=1S/C21H21FN6O4/c1-10-7-28-15-12(5-13-16(14(15)22)32-26-18(13)27-4-3-23-9-27)6-21(17(28)11(2)31-10)8-24-20(30)25-19(21)29/h3-5,9-11,17H,6-8H2,1-2H3,(H2,24,25,29,30)/t10-,11+,17-,21?/m1/s1. The van der Waals surface area contributed by atoms with E-state index in [9.17, 15) is 9.59 Å². The maximum absolute atomic E-state index is 15.9. The number of carbonyl (C=O) groups is 2. The number of ether oxygens (including phenoxy) is 1. The Hall–Kier alpha value is -3.47. The topological polar surface area (TPSA) is 115 Å². The first-order valence-corrected chi connectivity index (χ1v) is 10.5. The van der Waals surface area contributed by atoms with Crippen molar-refractivity contribution in [2.75, 3.05) is 18.0 Å². The minimum atomic E-state index is -1.01. The number of hydrogen-bond donors (Lipinski definition) is 2. The summed E-state index contributed by atoms with van der Waals surface area (Å²) in [6, 6.07) is 0.833. The van der Waals surface area contributed by atoms with Gasteiger partial charge >= 0.3 is 6.03 Å². The fraction of sp³-hybridized carbons (Fsp3) is 0.429. The van der Waals surface area contributed by atoms with Crippen LogP contribution in [0.3, 0.4) is 0 Å². The molecule has 3 aromatic rings. The molecule has 0 saturated carbocycles. The molecule has 10 nitrogen and oxygen atoms in total. The molecule has 0 radical (unpaired) electrons. The zero-order valence-electron chi connectivity index (χ0n) is 17.5. The molecule has 1 aromatic carbocycles. The average molecular weight is 440 g/mol. The van der Waals surface area contributed by atoms with Crippen molar-refractivity contribution >= 4 is 28.6 Å². The van der Waals surface area contributed by atoms with Crippen molar-refractivity contribution in [1.82, 2.24) is 25.3 Å². The monoisotopic (exact) mass is 440 g/mol. The minimum Gasteiger partial charge on any atom is -0.372 e. The van der Waals surface area contributed by atoms with Crippen LogP contribution >= 0.6 is 0 Å². The van der Waals surface area contributed by atoms with Crippen LogP contribution in [0.5, 0.6) is 0 Å². The molecule has 1 unspecified atom stereocenters. The van der Waals surface area contributed by atoms with Gasteiger partial charge in [0.2, 0.25) is 11.5 Å². The molecule has 2 aromatic heterocycles. The number of imide groups is 1. The van der Waals surface area contributed by atoms with Crippen LogP contribution in [0.25, 0.3) is 16.8 Å². The van der Waals surface area contributed by atoms with E-state index in [-0.39, 0.29) is 36.7 Å². The summed E-state index contributed by atoms with van der Waals surface area (Å²) in [5.74, 6) is -0.481. The number of anilines is 1. The van der Waals surface area contributed by atoms with Crippen LogP contribution in [0, 0.1) is 11.2 Å². The van der Waals surface area contributed by atoms with Gasteiger partial charge in [0.05, 0.1) is 34.7 Å². The smallest absolute Gasteiger partial charge is 0.321 e. The largest absolute Gasteiger partial charge is 0.372 e. The number of imidazole rings is 1. The van der Waals surface area contributed by atoms with Crippen molar-refractivity contribution in [2.45, 2.75) is 38.5 Å². The van der Waals surface area contributed by atoms with E-state index in [1.165, 1.54) is 0 Å². The Morgan fingerprint density at radius 2 is 2.16 bits per heavy atom. The molecule has 0 aliphatic carbocycles. The van der Waals surface area contributed by atoms with E-state index >= 15 is 4.39 Å². The number of hydrogen-bond acceptors (Lipinski definition) is 7. The highest BCUT2D eigenvalue weighted by Crippen LogP contribution is 2.48. The Morgan fingerprint density at radius 3 is 2.91 bits per heavy atom. The number of fused-ring (bicyclic) bond motifs is 5. The number of carbonyl (C=O) groups excluding carboxylic acids is 2. The average Bonchev–Trinajstić information content (AvgIpc) is 3.40. The lowest BCUT2D eigenvalue weighted by Crippen LogP contribution is -2.73. The van der Waals surface area contributed by atoms with Crippen molar-refractivity contribution in [3.05, 3.63) is 36.2 Å². The van der Waals surface area contributed by atoms with Crippen molar-refractivity contribution in [3.63, 3.8) is 0 Å². The van der Waals surface area contributed by atoms with E-state index in [2.05, 4.69) is 20.8 Å². The van der Waals surface area contributed by atoms with E-state index in [0.29, 0.717) is 29.0 Å². The van der Waals surface area contributed by atoms with E-state index in [4.69, 9.17) is 9.26 Å². The second kappa shape index (κ2) is 6.52. The fourth-order valence-electron chi connectivity index (χ4n) is 5.61. The highest BCUT2D eigenvalue weighted by Gasteiger charge is 2.58. The van der Waals surface area contributed by atoms with Gasteiger partial charge in [-0.15, -0.1) is 0 Å². The Balaban J connectivity index is 1.58. The molecule has 0 bridgehead atoms. The Bertz CT molecular complexity index is 1260. The second-order valence-electron chi connectivity index (χ2n) is 8.77. The van der Waals surface area contributed by atoms with Gasteiger partial charge in [-0.05, 0) is 31.9 Å². The van der Waals surface area contributed by atoms with E-state index in [0.717, 1.165) is 0 Å². The van der Waals surface area contributed by atoms with Gasteiger partial charge in [0.15, 0.2) is 11.6 Å². The highest BCUT2D eigenvalue weighted by molar-refractivity contribution is 6.02. The normalized spacial score (nSPS) is 29.6. The van der Waals surface area contributed by atoms with E-state index < -0.39 is 23.3 Å². The first-order chi connectivity index (χ1) is 15.4. The summed E-state index contributed by atoms with van der Waals surface area (Å²) < 4.78 is 29.0. The Kier molecular flexibility index (Phi) is 3.92. The molecule has 5 heterocycles. The molecular formula is C21H21FN6O4. The second-order valence-corrected chi connectivity index (χ2v) is 8.77. The van der Waals surface area contributed by atoms with Gasteiger partial charge < -0.3 is 19.5 Å². The van der Waals surface area contributed by atoms with Crippen LogP contribution in [-0.4, -0.2) is 58.0 Å². The summed E-state index contributed by atoms with van der Waals surface area (Å²) in [4.78, 5) is 31.0. The molecule has 3 aliphatic rings. The summed E-state index contributed by atoms with van der Waals surface area (Å²) in [5, 5.41) is 9.72. The lowest BCUT2D eigenvalue weighted by atomic mass is 9.67. The van der Waals surface area contributed by atoms with Crippen LogP contribution in [0.2, 0.25) is 0 Å². The molecule has 1 spiro atoms. The predicted molar refractivity (Wildman–Crippen MR) is 110 cm³/mol. The molecule has 166 valence electrons. The number of amides is 3. The molecule has 11 heteroatoms. The number of rotatable bonds is 1. The van der Waals surface area contributed by atoms with Gasteiger partial charge in [0.1, 0.15) is 6.33 Å². The molecule has 3 aliphatic heterocycles. The summed E-state index contributed by atoms with van der Waals surface area (Å²) >= 11 is 0. The summed E-state index contributed by atoms with van der Waals surface area (Å²) in [7, 11) is 0. The van der Waals surface area contributed by atoms with Crippen molar-refractivity contribution in [3.8, 4) is 5.82 Å². The number of aromatic nitrogens is 3. The first-order valence-electron chi connectivity index (χ1n) is 10.5. The summed E-state index contributed by atoms with van der Waals surface area (Å²) in [6.45, 7) is 4.33. The maximum Gasteiger partial charge on any atom is 0.321 e. The fourth-order valence-corrected chi connectivity index (χ4v) is 5.61. The zero-order chi connectivity index (χ0) is 22.2.